The maximum absolute atomic E-state index is 5.28. The van der Waals surface area contributed by atoms with E-state index in [1.165, 1.54) is 5.56 Å². The Morgan fingerprint density at radius 1 is 1.15 bits per heavy atom. The molecular formula is C14H19N3O3. The Kier molecular flexibility index (Phi) is 4.95. The fourth-order valence-electron chi connectivity index (χ4n) is 1.89. The normalized spacial score (nSPS) is 10.6. The average Bonchev–Trinajstić information content (AvgIpc) is 2.88. The predicted molar refractivity (Wildman–Crippen MR) is 74.0 cm³/mol. The van der Waals surface area contributed by atoms with Crippen LogP contribution in [0.5, 0.6) is 11.5 Å². The largest absolute Gasteiger partial charge is 0.493 e. The summed E-state index contributed by atoms with van der Waals surface area (Å²) in [5, 5.41) is 10.9. The van der Waals surface area contributed by atoms with Gasteiger partial charge >= 0.3 is 0 Å². The van der Waals surface area contributed by atoms with E-state index in [9.17, 15) is 0 Å². The molecule has 0 bridgehead atoms. The Morgan fingerprint density at radius 2 is 1.95 bits per heavy atom. The van der Waals surface area contributed by atoms with E-state index in [2.05, 4.69) is 20.3 Å². The fraction of sp³-hybridized carbons (Fsp3) is 0.429. The van der Waals surface area contributed by atoms with Gasteiger partial charge in [-0.25, -0.2) is 4.63 Å². The van der Waals surface area contributed by atoms with Crippen molar-refractivity contribution in [3.05, 3.63) is 35.2 Å². The van der Waals surface area contributed by atoms with Gasteiger partial charge in [-0.3, -0.25) is 0 Å². The van der Waals surface area contributed by atoms with Gasteiger partial charge in [0.1, 0.15) is 11.4 Å². The Bertz CT molecular complexity index is 554. The first-order valence-electron chi connectivity index (χ1n) is 6.44. The number of rotatable bonds is 7. The van der Waals surface area contributed by atoms with Crippen LogP contribution in [0.2, 0.25) is 0 Å². The number of ether oxygens (including phenoxy) is 2. The van der Waals surface area contributed by atoms with Crippen LogP contribution < -0.4 is 14.8 Å². The molecule has 1 heterocycles. The molecule has 0 amide bonds. The average molecular weight is 277 g/mol. The lowest BCUT2D eigenvalue weighted by Crippen LogP contribution is -2.17. The third-order valence-electron chi connectivity index (χ3n) is 3.08. The molecule has 1 aromatic carbocycles. The maximum Gasteiger partial charge on any atom is 0.160 e. The van der Waals surface area contributed by atoms with E-state index in [1.807, 2.05) is 25.1 Å². The van der Waals surface area contributed by atoms with Gasteiger partial charge in [0.2, 0.25) is 0 Å². The van der Waals surface area contributed by atoms with Crippen molar-refractivity contribution in [2.75, 3.05) is 20.8 Å². The number of hydrogen-bond donors (Lipinski definition) is 1. The lowest BCUT2D eigenvalue weighted by Gasteiger charge is -2.09. The molecule has 20 heavy (non-hydrogen) atoms. The summed E-state index contributed by atoms with van der Waals surface area (Å²) in [4.78, 5) is 0. The second-order valence-electron chi connectivity index (χ2n) is 4.41. The number of methoxy groups -OCH3 is 2. The summed E-state index contributed by atoms with van der Waals surface area (Å²) in [6.07, 6.45) is 0.894. The number of benzene rings is 1. The summed E-state index contributed by atoms with van der Waals surface area (Å²) in [5.41, 5.74) is 2.85. The first kappa shape index (κ1) is 14.3. The topological polar surface area (TPSA) is 69.4 Å². The zero-order valence-electron chi connectivity index (χ0n) is 12.0. The van der Waals surface area contributed by atoms with E-state index >= 15 is 0 Å². The van der Waals surface area contributed by atoms with Crippen LogP contribution >= 0.6 is 0 Å². The molecule has 1 N–H and O–H groups in total. The molecule has 0 spiro atoms. The zero-order valence-corrected chi connectivity index (χ0v) is 12.0. The van der Waals surface area contributed by atoms with Crippen LogP contribution in [0.3, 0.4) is 0 Å². The highest BCUT2D eigenvalue weighted by Crippen LogP contribution is 2.27. The molecule has 0 atom stereocenters. The molecule has 0 aliphatic carbocycles. The van der Waals surface area contributed by atoms with Gasteiger partial charge in [0.15, 0.2) is 11.5 Å². The molecular weight excluding hydrogens is 258 g/mol. The molecule has 1 aromatic heterocycles. The summed E-state index contributed by atoms with van der Waals surface area (Å²) in [6, 6.07) is 5.94. The van der Waals surface area contributed by atoms with Gasteiger partial charge in [-0.2, -0.15) is 0 Å². The van der Waals surface area contributed by atoms with Gasteiger partial charge in [-0.05, 0) is 37.6 Å². The Labute approximate surface area is 118 Å². The summed E-state index contributed by atoms with van der Waals surface area (Å²) >= 11 is 0. The van der Waals surface area contributed by atoms with Crippen molar-refractivity contribution in [1.29, 1.82) is 0 Å². The van der Waals surface area contributed by atoms with Crippen molar-refractivity contribution in [2.24, 2.45) is 0 Å². The van der Waals surface area contributed by atoms with Crippen LogP contribution in [0.1, 0.15) is 17.0 Å². The Hall–Kier alpha value is -2.08. The van der Waals surface area contributed by atoms with E-state index in [0.717, 1.165) is 35.9 Å². The lowest BCUT2D eigenvalue weighted by molar-refractivity contribution is 0.300. The van der Waals surface area contributed by atoms with Crippen molar-refractivity contribution < 1.29 is 14.1 Å². The second-order valence-corrected chi connectivity index (χ2v) is 4.41. The molecule has 6 nitrogen and oxygen atoms in total. The molecule has 2 rings (SSSR count). The van der Waals surface area contributed by atoms with Crippen LogP contribution in [0, 0.1) is 6.92 Å². The third-order valence-corrected chi connectivity index (χ3v) is 3.08. The van der Waals surface area contributed by atoms with Crippen LogP contribution in [0.15, 0.2) is 22.8 Å². The number of nitrogens with one attached hydrogen (secondary N) is 1. The third kappa shape index (κ3) is 3.48. The molecule has 0 radical (unpaired) electrons. The minimum Gasteiger partial charge on any atom is -0.493 e. The first-order valence-corrected chi connectivity index (χ1v) is 6.44. The van der Waals surface area contributed by atoms with Crippen LogP contribution in [-0.2, 0) is 13.0 Å². The monoisotopic (exact) mass is 277 g/mol. The smallest absolute Gasteiger partial charge is 0.160 e. The second kappa shape index (κ2) is 6.91. The summed E-state index contributed by atoms with van der Waals surface area (Å²) in [7, 11) is 3.27. The number of hydrogen-bond acceptors (Lipinski definition) is 6. The summed E-state index contributed by atoms with van der Waals surface area (Å²) < 4.78 is 15.1. The number of aromatic nitrogens is 2. The number of nitrogens with zero attached hydrogens (tertiary/aromatic N) is 2. The quantitative estimate of drug-likeness (QED) is 0.777. The molecule has 6 heteroatoms. The molecule has 2 aromatic rings. The van der Waals surface area contributed by atoms with Crippen molar-refractivity contribution in [1.82, 2.24) is 15.6 Å². The van der Waals surface area contributed by atoms with E-state index in [1.54, 1.807) is 14.2 Å². The standard InChI is InChI=1S/C14H19N3O3/c1-10-12(17-20-16-10)9-15-7-6-11-4-5-13(18-2)14(8-11)19-3/h4-5,8,15H,6-7,9H2,1-3H3. The molecule has 0 saturated carbocycles. The number of aryl methyl sites for hydroxylation is 1. The first-order chi connectivity index (χ1) is 9.74. The maximum atomic E-state index is 5.28. The van der Waals surface area contributed by atoms with Gasteiger partial charge < -0.3 is 14.8 Å². The molecule has 0 fully saturated rings. The van der Waals surface area contributed by atoms with Crippen molar-refractivity contribution >= 4 is 0 Å². The lowest BCUT2D eigenvalue weighted by atomic mass is 10.1. The van der Waals surface area contributed by atoms with Gasteiger partial charge in [-0.15, -0.1) is 0 Å². The zero-order chi connectivity index (χ0) is 14.4. The highest BCUT2D eigenvalue weighted by Gasteiger charge is 2.06. The van der Waals surface area contributed by atoms with Gasteiger partial charge in [0, 0.05) is 6.54 Å². The molecule has 0 aliphatic heterocycles. The van der Waals surface area contributed by atoms with Crippen molar-refractivity contribution in [3.63, 3.8) is 0 Å². The minimum absolute atomic E-state index is 0.655. The van der Waals surface area contributed by atoms with E-state index < -0.39 is 0 Å². The van der Waals surface area contributed by atoms with Crippen molar-refractivity contribution in [2.45, 2.75) is 19.9 Å². The molecule has 0 unspecified atom stereocenters. The van der Waals surface area contributed by atoms with Gasteiger partial charge in [-0.1, -0.05) is 16.4 Å². The SMILES string of the molecule is COc1ccc(CCNCc2nonc2C)cc1OC. The minimum atomic E-state index is 0.655. The van der Waals surface area contributed by atoms with E-state index in [0.29, 0.717) is 6.54 Å². The predicted octanol–water partition coefficient (Wildman–Crippen LogP) is 1.73. The van der Waals surface area contributed by atoms with Crippen molar-refractivity contribution in [3.8, 4) is 11.5 Å². The fourth-order valence-corrected chi connectivity index (χ4v) is 1.89. The molecule has 0 aliphatic rings. The molecule has 108 valence electrons. The molecule has 0 saturated heterocycles. The van der Waals surface area contributed by atoms with Crippen LogP contribution in [-0.4, -0.2) is 31.1 Å². The van der Waals surface area contributed by atoms with Gasteiger partial charge in [0.05, 0.1) is 14.2 Å². The van der Waals surface area contributed by atoms with E-state index in [4.69, 9.17) is 9.47 Å². The summed E-state index contributed by atoms with van der Waals surface area (Å²) in [6.45, 7) is 3.37. The van der Waals surface area contributed by atoms with Crippen LogP contribution in [0.4, 0.5) is 0 Å². The van der Waals surface area contributed by atoms with Gasteiger partial charge in [0.25, 0.3) is 0 Å². The van der Waals surface area contributed by atoms with E-state index in [-0.39, 0.29) is 0 Å². The Balaban J connectivity index is 1.83. The highest BCUT2D eigenvalue weighted by atomic mass is 16.6. The summed E-state index contributed by atoms with van der Waals surface area (Å²) in [5.74, 6) is 1.50. The highest BCUT2D eigenvalue weighted by molar-refractivity contribution is 5.42. The van der Waals surface area contributed by atoms with Crippen LogP contribution in [0.25, 0.3) is 0 Å². The Morgan fingerprint density at radius 3 is 2.60 bits per heavy atom.